The van der Waals surface area contributed by atoms with Crippen LogP contribution >= 0.6 is 0 Å². The third-order valence-electron chi connectivity index (χ3n) is 1.60. The molecule has 0 saturated heterocycles. The number of hydrogen-bond donors (Lipinski definition) is 2. The van der Waals surface area contributed by atoms with Gasteiger partial charge in [-0.15, -0.1) is 0 Å². The Kier molecular flexibility index (Phi) is 4.24. The minimum atomic E-state index is -0.0232. The molecule has 0 aromatic heterocycles. The van der Waals surface area contributed by atoms with Crippen molar-refractivity contribution in [3.8, 4) is 0 Å². The monoisotopic (exact) mass is 172 g/mol. The van der Waals surface area contributed by atoms with E-state index >= 15 is 0 Å². The molecular formula is C9H20N2O. The van der Waals surface area contributed by atoms with Crippen LogP contribution in [-0.4, -0.2) is 19.0 Å². The molecule has 1 unspecified atom stereocenters. The second-order valence-electron chi connectivity index (χ2n) is 4.40. The van der Waals surface area contributed by atoms with Crippen LogP contribution in [0.25, 0.3) is 0 Å². The van der Waals surface area contributed by atoms with Crippen LogP contribution in [0.4, 0.5) is 0 Å². The highest BCUT2D eigenvalue weighted by Crippen LogP contribution is 2.20. The van der Waals surface area contributed by atoms with Gasteiger partial charge < -0.3 is 11.1 Å². The van der Waals surface area contributed by atoms with Gasteiger partial charge in [0, 0.05) is 19.5 Å². The van der Waals surface area contributed by atoms with E-state index in [-0.39, 0.29) is 17.4 Å². The van der Waals surface area contributed by atoms with E-state index in [1.165, 1.54) is 0 Å². The fourth-order valence-corrected chi connectivity index (χ4v) is 1.20. The van der Waals surface area contributed by atoms with Crippen LogP contribution < -0.4 is 11.1 Å². The molecule has 3 nitrogen and oxygen atoms in total. The second-order valence-corrected chi connectivity index (χ2v) is 4.40. The van der Waals surface area contributed by atoms with Crippen molar-refractivity contribution in [1.82, 2.24) is 5.32 Å². The Morgan fingerprint density at radius 2 is 2.00 bits per heavy atom. The van der Waals surface area contributed by atoms with Gasteiger partial charge in [-0.25, -0.2) is 0 Å². The molecule has 0 fully saturated rings. The minimum Gasteiger partial charge on any atom is -0.359 e. The first-order valence-electron chi connectivity index (χ1n) is 4.31. The lowest BCUT2D eigenvalue weighted by atomic mass is 9.87. The molecule has 0 saturated carbocycles. The number of nitrogens with one attached hydrogen (secondary N) is 1. The van der Waals surface area contributed by atoms with Crippen molar-refractivity contribution < 1.29 is 4.79 Å². The number of hydrogen-bond acceptors (Lipinski definition) is 2. The second kappa shape index (κ2) is 4.45. The lowest BCUT2D eigenvalue weighted by Crippen LogP contribution is -2.32. The summed E-state index contributed by atoms with van der Waals surface area (Å²) in [5.74, 6) is 0.0201. The summed E-state index contributed by atoms with van der Waals surface area (Å²) in [5, 5.41) is 2.56. The molecule has 0 aliphatic heterocycles. The Balaban J connectivity index is 3.74. The van der Waals surface area contributed by atoms with E-state index < -0.39 is 0 Å². The summed E-state index contributed by atoms with van der Waals surface area (Å²) in [5.41, 5.74) is 5.98. The van der Waals surface area contributed by atoms with Crippen LogP contribution in [0.15, 0.2) is 0 Å². The molecule has 1 amide bonds. The van der Waals surface area contributed by atoms with E-state index in [0.29, 0.717) is 6.42 Å². The first-order valence-corrected chi connectivity index (χ1v) is 4.31. The summed E-state index contributed by atoms with van der Waals surface area (Å²) in [6.07, 6.45) is 1.30. The zero-order valence-electron chi connectivity index (χ0n) is 8.48. The molecule has 1 atom stereocenters. The Morgan fingerprint density at radius 1 is 1.50 bits per heavy atom. The summed E-state index contributed by atoms with van der Waals surface area (Å²) in [6, 6.07) is -0.0232. The summed E-state index contributed by atoms with van der Waals surface area (Å²) in [7, 11) is 1.63. The Labute approximate surface area is 74.7 Å². The van der Waals surface area contributed by atoms with Gasteiger partial charge in [0.1, 0.15) is 0 Å². The molecule has 3 N–H and O–H groups in total. The van der Waals surface area contributed by atoms with Gasteiger partial charge in [-0.2, -0.15) is 0 Å². The van der Waals surface area contributed by atoms with Gasteiger partial charge in [-0.1, -0.05) is 20.8 Å². The molecule has 0 rings (SSSR count). The first-order chi connectivity index (χ1) is 5.35. The molecule has 72 valence electrons. The van der Waals surface area contributed by atoms with E-state index in [1.807, 2.05) is 0 Å². The molecule has 0 bridgehead atoms. The van der Waals surface area contributed by atoms with Crippen molar-refractivity contribution >= 4 is 5.91 Å². The number of rotatable bonds is 3. The highest BCUT2D eigenvalue weighted by molar-refractivity contribution is 5.76. The van der Waals surface area contributed by atoms with E-state index in [4.69, 9.17) is 5.73 Å². The van der Waals surface area contributed by atoms with Crippen LogP contribution in [0.3, 0.4) is 0 Å². The van der Waals surface area contributed by atoms with Crippen LogP contribution in [0.5, 0.6) is 0 Å². The van der Waals surface area contributed by atoms with Gasteiger partial charge in [0.15, 0.2) is 0 Å². The molecule has 0 spiro atoms. The van der Waals surface area contributed by atoms with Crippen LogP contribution in [0.1, 0.15) is 33.6 Å². The van der Waals surface area contributed by atoms with E-state index in [2.05, 4.69) is 26.1 Å². The SMILES string of the molecule is CNC(=O)CC(N)CC(C)(C)C. The van der Waals surface area contributed by atoms with Crippen LogP contribution in [-0.2, 0) is 4.79 Å². The quantitative estimate of drug-likeness (QED) is 0.664. The maximum atomic E-state index is 10.9. The Morgan fingerprint density at radius 3 is 2.33 bits per heavy atom. The molecule has 0 heterocycles. The fourth-order valence-electron chi connectivity index (χ4n) is 1.20. The smallest absolute Gasteiger partial charge is 0.221 e. The molecule has 0 radical (unpaired) electrons. The molecule has 0 aromatic rings. The zero-order chi connectivity index (χ0) is 9.78. The van der Waals surface area contributed by atoms with Gasteiger partial charge in [-0.05, 0) is 11.8 Å². The van der Waals surface area contributed by atoms with Gasteiger partial charge in [-0.3, -0.25) is 4.79 Å². The van der Waals surface area contributed by atoms with Crippen molar-refractivity contribution in [3.05, 3.63) is 0 Å². The molecule has 0 aromatic carbocycles. The van der Waals surface area contributed by atoms with Crippen LogP contribution in [0.2, 0.25) is 0 Å². The summed E-state index contributed by atoms with van der Waals surface area (Å²) in [6.45, 7) is 6.37. The summed E-state index contributed by atoms with van der Waals surface area (Å²) < 4.78 is 0. The number of carbonyl (C=O) groups is 1. The first kappa shape index (κ1) is 11.4. The highest BCUT2D eigenvalue weighted by atomic mass is 16.1. The predicted octanol–water partition coefficient (Wildman–Crippen LogP) is 0.886. The van der Waals surface area contributed by atoms with Gasteiger partial charge in [0.2, 0.25) is 5.91 Å². The normalized spacial score (nSPS) is 14.1. The average Bonchev–Trinajstić information content (AvgIpc) is 1.82. The maximum Gasteiger partial charge on any atom is 0.221 e. The maximum absolute atomic E-state index is 10.9. The molecule has 0 aliphatic rings. The standard InChI is InChI=1S/C9H20N2O/c1-9(2,3)6-7(10)5-8(12)11-4/h7H,5-6,10H2,1-4H3,(H,11,12). The fraction of sp³-hybridized carbons (Fsp3) is 0.889. The summed E-state index contributed by atoms with van der Waals surface area (Å²) in [4.78, 5) is 10.9. The van der Waals surface area contributed by atoms with Crippen molar-refractivity contribution in [3.63, 3.8) is 0 Å². The van der Waals surface area contributed by atoms with Crippen molar-refractivity contribution in [2.24, 2.45) is 11.1 Å². The van der Waals surface area contributed by atoms with Gasteiger partial charge >= 0.3 is 0 Å². The predicted molar refractivity (Wildman–Crippen MR) is 50.7 cm³/mol. The largest absolute Gasteiger partial charge is 0.359 e. The molecule has 12 heavy (non-hydrogen) atoms. The van der Waals surface area contributed by atoms with Crippen molar-refractivity contribution in [2.45, 2.75) is 39.7 Å². The van der Waals surface area contributed by atoms with Crippen molar-refractivity contribution in [2.75, 3.05) is 7.05 Å². The highest BCUT2D eigenvalue weighted by Gasteiger charge is 2.17. The van der Waals surface area contributed by atoms with Crippen LogP contribution in [0, 0.1) is 5.41 Å². The van der Waals surface area contributed by atoms with Gasteiger partial charge in [0.25, 0.3) is 0 Å². The van der Waals surface area contributed by atoms with Gasteiger partial charge in [0.05, 0.1) is 0 Å². The van der Waals surface area contributed by atoms with Crippen molar-refractivity contribution in [1.29, 1.82) is 0 Å². The number of carbonyl (C=O) groups excluding carboxylic acids is 1. The zero-order valence-corrected chi connectivity index (χ0v) is 8.48. The third kappa shape index (κ3) is 6.16. The number of nitrogens with two attached hydrogens (primary N) is 1. The average molecular weight is 172 g/mol. The molecule has 3 heteroatoms. The van der Waals surface area contributed by atoms with E-state index in [9.17, 15) is 4.79 Å². The lowest BCUT2D eigenvalue weighted by Gasteiger charge is -2.22. The number of amides is 1. The van der Waals surface area contributed by atoms with E-state index in [0.717, 1.165) is 6.42 Å². The molecular weight excluding hydrogens is 152 g/mol. The Hall–Kier alpha value is -0.570. The Bertz CT molecular complexity index is 149. The summed E-state index contributed by atoms with van der Waals surface area (Å²) >= 11 is 0. The minimum absolute atomic E-state index is 0.0201. The molecule has 0 aliphatic carbocycles. The van der Waals surface area contributed by atoms with E-state index in [1.54, 1.807) is 7.05 Å². The third-order valence-corrected chi connectivity index (χ3v) is 1.60. The lowest BCUT2D eigenvalue weighted by molar-refractivity contribution is -0.121. The topological polar surface area (TPSA) is 55.1 Å².